The van der Waals surface area contributed by atoms with Gasteiger partial charge >= 0.3 is 0 Å². The molecule has 1 aromatic heterocycles. The summed E-state index contributed by atoms with van der Waals surface area (Å²) in [4.78, 5) is 12.3. The number of fused-ring (bicyclic) bond motifs is 3. The second-order valence-electron chi connectivity index (χ2n) is 6.59. The first kappa shape index (κ1) is 18.5. The van der Waals surface area contributed by atoms with E-state index < -0.39 is 15.9 Å². The molecule has 3 aromatic carbocycles. The van der Waals surface area contributed by atoms with Crippen molar-refractivity contribution in [3.05, 3.63) is 77.3 Å². The van der Waals surface area contributed by atoms with Crippen LogP contribution in [0.3, 0.4) is 0 Å². The molecule has 0 atom stereocenters. The van der Waals surface area contributed by atoms with Crippen LogP contribution < -0.4 is 4.72 Å². The molecule has 0 saturated heterocycles. The summed E-state index contributed by atoms with van der Waals surface area (Å²) >= 11 is 5.83. The van der Waals surface area contributed by atoms with Crippen LogP contribution in [0, 0.1) is 0 Å². The number of carbonyl (C=O) groups excluding carboxylic acids is 1. The van der Waals surface area contributed by atoms with Gasteiger partial charge in [-0.15, -0.1) is 0 Å². The third-order valence-electron chi connectivity index (χ3n) is 4.72. The van der Waals surface area contributed by atoms with Crippen molar-refractivity contribution < 1.29 is 13.2 Å². The number of aromatic nitrogens is 1. The maximum absolute atomic E-state index is 12.7. The molecule has 4 rings (SSSR count). The zero-order valence-corrected chi connectivity index (χ0v) is 16.6. The maximum Gasteiger partial charge on any atom is 0.264 e. The number of benzene rings is 3. The van der Waals surface area contributed by atoms with E-state index in [0.29, 0.717) is 10.6 Å². The number of rotatable bonds is 4. The van der Waals surface area contributed by atoms with Crippen molar-refractivity contribution >= 4 is 49.3 Å². The quantitative estimate of drug-likeness (QED) is 0.550. The van der Waals surface area contributed by atoms with Gasteiger partial charge in [0, 0.05) is 33.9 Å². The van der Waals surface area contributed by atoms with Crippen LogP contribution in [-0.2, 0) is 28.3 Å². The van der Waals surface area contributed by atoms with Gasteiger partial charge in [-0.25, -0.2) is 13.1 Å². The summed E-state index contributed by atoms with van der Waals surface area (Å²) in [5.41, 5.74) is 2.62. The maximum atomic E-state index is 12.7. The highest BCUT2D eigenvalue weighted by molar-refractivity contribution is 7.90. The molecule has 1 heterocycles. The molecule has 0 unspecified atom stereocenters. The number of aryl methyl sites for hydroxylation is 1. The minimum atomic E-state index is -3.97. The van der Waals surface area contributed by atoms with E-state index in [1.165, 1.54) is 6.07 Å². The highest BCUT2D eigenvalue weighted by Gasteiger charge is 2.19. The molecule has 1 amide bonds. The van der Waals surface area contributed by atoms with Crippen LogP contribution in [0.1, 0.15) is 5.56 Å². The Kier molecular flexibility index (Phi) is 4.61. The average Bonchev–Trinajstić information content (AvgIpc) is 2.96. The summed E-state index contributed by atoms with van der Waals surface area (Å²) in [6.07, 6.45) is -0.0487. The number of hydrogen-bond acceptors (Lipinski definition) is 3. The van der Waals surface area contributed by atoms with Gasteiger partial charge < -0.3 is 4.57 Å². The van der Waals surface area contributed by atoms with Gasteiger partial charge in [-0.1, -0.05) is 41.9 Å². The van der Waals surface area contributed by atoms with Crippen LogP contribution in [0.15, 0.2) is 71.6 Å². The van der Waals surface area contributed by atoms with E-state index in [1.807, 2.05) is 35.9 Å². The number of hydrogen-bond donors (Lipinski definition) is 1. The van der Waals surface area contributed by atoms with Crippen molar-refractivity contribution in [1.82, 2.24) is 9.29 Å². The van der Waals surface area contributed by atoms with E-state index in [-0.39, 0.29) is 11.3 Å². The first-order valence-corrected chi connectivity index (χ1v) is 10.5. The minimum absolute atomic E-state index is 0.0487. The summed E-state index contributed by atoms with van der Waals surface area (Å²) in [5, 5.41) is 2.34. The number of nitrogens with zero attached hydrogens (tertiary/aromatic N) is 1. The van der Waals surface area contributed by atoms with Gasteiger partial charge in [0.05, 0.1) is 11.3 Å². The summed E-state index contributed by atoms with van der Waals surface area (Å²) in [5.74, 6) is -0.597. The van der Waals surface area contributed by atoms with E-state index in [1.54, 1.807) is 36.4 Å². The van der Waals surface area contributed by atoms with Crippen molar-refractivity contribution in [2.75, 3.05) is 0 Å². The first-order chi connectivity index (χ1) is 13.3. The van der Waals surface area contributed by atoms with Crippen LogP contribution in [0.5, 0.6) is 0 Å². The molecule has 0 bridgehead atoms. The Bertz CT molecular complexity index is 1310. The number of para-hydroxylation sites is 1. The van der Waals surface area contributed by atoms with Crippen LogP contribution in [0.2, 0.25) is 5.02 Å². The van der Waals surface area contributed by atoms with Crippen molar-refractivity contribution in [1.29, 1.82) is 0 Å². The third-order valence-corrected chi connectivity index (χ3v) is 6.34. The predicted octanol–water partition coefficient (Wildman–Crippen LogP) is 4.03. The van der Waals surface area contributed by atoms with Gasteiger partial charge in [0.2, 0.25) is 5.91 Å². The second kappa shape index (κ2) is 6.96. The Hall–Kier alpha value is -2.83. The zero-order valence-electron chi connectivity index (χ0n) is 15.0. The van der Waals surface area contributed by atoms with Gasteiger partial charge in [-0.3, -0.25) is 4.79 Å². The van der Waals surface area contributed by atoms with Crippen molar-refractivity contribution in [2.24, 2.45) is 7.05 Å². The Morgan fingerprint density at radius 1 is 0.964 bits per heavy atom. The van der Waals surface area contributed by atoms with Crippen LogP contribution in [0.4, 0.5) is 0 Å². The number of carbonyl (C=O) groups is 1. The molecule has 0 aliphatic heterocycles. The summed E-state index contributed by atoms with van der Waals surface area (Å²) in [6.45, 7) is 0. The largest absolute Gasteiger partial charge is 0.344 e. The molecule has 0 aliphatic carbocycles. The van der Waals surface area contributed by atoms with Crippen LogP contribution in [0.25, 0.3) is 21.8 Å². The van der Waals surface area contributed by atoms with Gasteiger partial charge in [-0.2, -0.15) is 0 Å². The van der Waals surface area contributed by atoms with E-state index >= 15 is 0 Å². The fraction of sp³-hybridized carbons (Fsp3) is 0.0952. The molecule has 28 heavy (non-hydrogen) atoms. The van der Waals surface area contributed by atoms with Crippen molar-refractivity contribution in [3.8, 4) is 0 Å². The molecular formula is C21H17ClN2O3S. The monoisotopic (exact) mass is 412 g/mol. The SMILES string of the molecule is Cn1c2ccccc2c2cc(S(=O)(=O)NC(=O)Cc3ccc(Cl)cc3)ccc21. The Balaban J connectivity index is 1.65. The topological polar surface area (TPSA) is 68.2 Å². The Labute approximate surface area is 167 Å². The van der Waals surface area contributed by atoms with Gasteiger partial charge in [-0.05, 0) is 42.0 Å². The summed E-state index contributed by atoms with van der Waals surface area (Å²) < 4.78 is 29.6. The molecule has 7 heteroatoms. The van der Waals surface area contributed by atoms with Crippen molar-refractivity contribution in [2.45, 2.75) is 11.3 Å². The first-order valence-electron chi connectivity index (χ1n) is 8.62. The molecule has 5 nitrogen and oxygen atoms in total. The number of nitrogens with one attached hydrogen (secondary N) is 1. The third kappa shape index (κ3) is 3.37. The smallest absolute Gasteiger partial charge is 0.264 e. The molecule has 142 valence electrons. The van der Waals surface area contributed by atoms with Gasteiger partial charge in [0.15, 0.2) is 0 Å². The standard InChI is InChI=1S/C21H17ClN2O3S/c1-24-19-5-3-2-4-17(19)18-13-16(10-11-20(18)24)28(26,27)23-21(25)12-14-6-8-15(22)9-7-14/h2-11,13H,12H2,1H3,(H,23,25). The fourth-order valence-corrected chi connectivity index (χ4v) is 4.48. The second-order valence-corrected chi connectivity index (χ2v) is 8.71. The van der Waals surface area contributed by atoms with E-state index in [0.717, 1.165) is 21.8 Å². The van der Waals surface area contributed by atoms with Gasteiger partial charge in [0.1, 0.15) is 0 Å². The van der Waals surface area contributed by atoms with E-state index in [4.69, 9.17) is 11.6 Å². The molecule has 0 aliphatic rings. The molecule has 4 aromatic rings. The zero-order chi connectivity index (χ0) is 19.9. The normalized spacial score (nSPS) is 11.8. The lowest BCUT2D eigenvalue weighted by molar-refractivity contribution is -0.118. The lowest BCUT2D eigenvalue weighted by Gasteiger charge is -2.08. The minimum Gasteiger partial charge on any atom is -0.344 e. The van der Waals surface area contributed by atoms with Gasteiger partial charge in [0.25, 0.3) is 10.0 Å². The van der Waals surface area contributed by atoms with Crippen LogP contribution in [-0.4, -0.2) is 18.9 Å². The van der Waals surface area contributed by atoms with Crippen molar-refractivity contribution in [3.63, 3.8) is 0 Å². The fourth-order valence-electron chi connectivity index (χ4n) is 3.35. The number of amides is 1. The lowest BCUT2D eigenvalue weighted by Crippen LogP contribution is -2.31. The summed E-state index contributed by atoms with van der Waals surface area (Å²) in [6, 6.07) is 19.4. The highest BCUT2D eigenvalue weighted by Crippen LogP contribution is 2.29. The predicted molar refractivity (Wildman–Crippen MR) is 111 cm³/mol. The van der Waals surface area contributed by atoms with E-state index in [2.05, 4.69) is 4.72 Å². The molecule has 0 spiro atoms. The number of sulfonamides is 1. The summed E-state index contributed by atoms with van der Waals surface area (Å²) in [7, 11) is -2.04. The molecule has 0 fully saturated rings. The molecule has 0 radical (unpaired) electrons. The Morgan fingerprint density at radius 2 is 1.64 bits per heavy atom. The van der Waals surface area contributed by atoms with E-state index in [9.17, 15) is 13.2 Å². The average molecular weight is 413 g/mol. The molecule has 1 N–H and O–H groups in total. The molecule has 0 saturated carbocycles. The lowest BCUT2D eigenvalue weighted by atomic mass is 10.1. The molecular weight excluding hydrogens is 396 g/mol. The Morgan fingerprint density at radius 3 is 2.39 bits per heavy atom. The number of halogens is 1. The highest BCUT2D eigenvalue weighted by atomic mass is 35.5. The van der Waals surface area contributed by atoms with Crippen LogP contribution >= 0.6 is 11.6 Å².